The minimum absolute atomic E-state index is 0.320. The van der Waals surface area contributed by atoms with Gasteiger partial charge < -0.3 is 10.5 Å². The van der Waals surface area contributed by atoms with Gasteiger partial charge in [0.2, 0.25) is 0 Å². The van der Waals surface area contributed by atoms with Crippen LogP contribution in [0.5, 0.6) is 5.75 Å². The van der Waals surface area contributed by atoms with E-state index in [9.17, 15) is 0 Å². The van der Waals surface area contributed by atoms with E-state index in [0.717, 1.165) is 29.0 Å². The zero-order chi connectivity index (χ0) is 13.2. The minimum Gasteiger partial charge on any atom is -0.488 e. The number of rotatable bonds is 3. The molecule has 0 atom stereocenters. The molecule has 100 valence electrons. The molecule has 0 unspecified atom stereocenters. The smallest absolute Gasteiger partial charge is 0.142 e. The van der Waals surface area contributed by atoms with E-state index < -0.39 is 0 Å². The van der Waals surface area contributed by atoms with Crippen molar-refractivity contribution in [2.45, 2.75) is 31.8 Å². The number of aromatic nitrogens is 1. The highest BCUT2D eigenvalue weighted by atomic mass is 35.5. The fraction of sp³-hybridized carbons (Fsp3) is 0.357. The second-order valence-electron chi connectivity index (χ2n) is 4.78. The highest BCUT2D eigenvalue weighted by Crippen LogP contribution is 2.36. The third-order valence-corrected chi connectivity index (χ3v) is 4.64. The Kier molecular flexibility index (Phi) is 3.62. The minimum atomic E-state index is 0.320. The summed E-state index contributed by atoms with van der Waals surface area (Å²) in [5.74, 6) is 0.774. The Morgan fingerprint density at radius 1 is 1.32 bits per heavy atom. The molecule has 0 amide bonds. The van der Waals surface area contributed by atoms with E-state index in [2.05, 4.69) is 4.37 Å². The van der Waals surface area contributed by atoms with Gasteiger partial charge in [0.1, 0.15) is 5.75 Å². The van der Waals surface area contributed by atoms with Gasteiger partial charge in [-0.05, 0) is 61.0 Å². The number of halogens is 1. The van der Waals surface area contributed by atoms with Crippen LogP contribution >= 0.6 is 23.1 Å². The summed E-state index contributed by atoms with van der Waals surface area (Å²) in [6.07, 6.45) is 6.73. The van der Waals surface area contributed by atoms with Crippen LogP contribution in [0.1, 0.15) is 25.7 Å². The summed E-state index contributed by atoms with van der Waals surface area (Å²) in [6.45, 7) is 0. The number of ether oxygens (including phenoxy) is 1. The van der Waals surface area contributed by atoms with Gasteiger partial charge in [0.25, 0.3) is 0 Å². The lowest BCUT2D eigenvalue weighted by molar-refractivity contribution is 0.211. The van der Waals surface area contributed by atoms with Gasteiger partial charge in [-0.3, -0.25) is 0 Å². The average Bonchev–Trinajstić information content (AvgIpc) is 3.03. The van der Waals surface area contributed by atoms with Crippen LogP contribution in [-0.2, 0) is 0 Å². The monoisotopic (exact) mass is 294 g/mol. The molecule has 1 aliphatic carbocycles. The number of nitrogen functional groups attached to an aromatic ring is 1. The summed E-state index contributed by atoms with van der Waals surface area (Å²) in [7, 11) is 0. The predicted molar refractivity (Wildman–Crippen MR) is 79.9 cm³/mol. The maximum Gasteiger partial charge on any atom is 0.142 e. The van der Waals surface area contributed by atoms with Gasteiger partial charge in [-0.15, -0.1) is 0 Å². The van der Waals surface area contributed by atoms with Crippen molar-refractivity contribution < 1.29 is 4.74 Å². The quantitative estimate of drug-likeness (QED) is 0.855. The van der Waals surface area contributed by atoms with E-state index in [0.29, 0.717) is 16.8 Å². The maximum atomic E-state index is 6.08. The Morgan fingerprint density at radius 2 is 2.11 bits per heavy atom. The number of nitrogens with two attached hydrogens (primary N) is 1. The normalized spacial score (nSPS) is 15.8. The molecule has 0 radical (unpaired) electrons. The second-order valence-corrected chi connectivity index (χ2v) is 5.99. The summed E-state index contributed by atoms with van der Waals surface area (Å²) >= 11 is 7.45. The van der Waals surface area contributed by atoms with Gasteiger partial charge in [0.15, 0.2) is 0 Å². The zero-order valence-corrected chi connectivity index (χ0v) is 12.0. The Labute approximate surface area is 121 Å². The van der Waals surface area contributed by atoms with Crippen molar-refractivity contribution in [2.75, 3.05) is 5.73 Å². The van der Waals surface area contributed by atoms with Crippen LogP contribution in [0.15, 0.2) is 24.4 Å². The van der Waals surface area contributed by atoms with Crippen molar-refractivity contribution in [1.82, 2.24) is 4.37 Å². The highest BCUT2D eigenvalue weighted by molar-refractivity contribution is 7.10. The molecular weight excluding hydrogens is 280 g/mol. The van der Waals surface area contributed by atoms with Crippen LogP contribution in [0.25, 0.3) is 10.4 Å². The molecule has 1 aromatic carbocycles. The van der Waals surface area contributed by atoms with E-state index in [1.54, 1.807) is 6.20 Å². The van der Waals surface area contributed by atoms with E-state index in [1.165, 1.54) is 24.4 Å². The Morgan fingerprint density at radius 3 is 2.74 bits per heavy atom. The third kappa shape index (κ3) is 2.69. The van der Waals surface area contributed by atoms with E-state index in [1.807, 2.05) is 18.2 Å². The van der Waals surface area contributed by atoms with Gasteiger partial charge >= 0.3 is 0 Å². The Balaban J connectivity index is 1.83. The lowest BCUT2D eigenvalue weighted by atomic mass is 10.1. The van der Waals surface area contributed by atoms with Crippen molar-refractivity contribution in [3.63, 3.8) is 0 Å². The number of hydrogen-bond acceptors (Lipinski definition) is 4. The van der Waals surface area contributed by atoms with Crippen LogP contribution in [0.4, 0.5) is 5.69 Å². The second kappa shape index (κ2) is 5.39. The van der Waals surface area contributed by atoms with Crippen LogP contribution in [0, 0.1) is 0 Å². The number of benzene rings is 1. The molecule has 0 saturated heterocycles. The van der Waals surface area contributed by atoms with Gasteiger partial charge in [-0.1, -0.05) is 11.6 Å². The van der Waals surface area contributed by atoms with Crippen molar-refractivity contribution in [3.05, 3.63) is 29.4 Å². The largest absolute Gasteiger partial charge is 0.488 e. The Bertz CT molecular complexity index is 579. The summed E-state index contributed by atoms with van der Waals surface area (Å²) in [5.41, 5.74) is 7.72. The first-order chi connectivity index (χ1) is 9.24. The molecule has 0 aliphatic heterocycles. The molecule has 1 saturated carbocycles. The summed E-state index contributed by atoms with van der Waals surface area (Å²) in [4.78, 5) is 0.945. The molecule has 1 fully saturated rings. The van der Waals surface area contributed by atoms with Gasteiger partial charge in [0.05, 0.1) is 27.9 Å². The summed E-state index contributed by atoms with van der Waals surface area (Å²) in [5, 5.41) is 0.661. The van der Waals surface area contributed by atoms with E-state index >= 15 is 0 Å². The number of anilines is 1. The molecule has 1 aromatic heterocycles. The lowest BCUT2D eigenvalue weighted by Gasteiger charge is -2.15. The Hall–Kier alpha value is -1.26. The fourth-order valence-electron chi connectivity index (χ4n) is 2.40. The van der Waals surface area contributed by atoms with Crippen molar-refractivity contribution in [3.8, 4) is 16.2 Å². The van der Waals surface area contributed by atoms with Crippen molar-refractivity contribution in [2.24, 2.45) is 0 Å². The standard InChI is InChI=1S/C14H15ClN2OS/c15-11-8-17-19-14(11)9-5-6-13(12(16)7-9)18-10-3-1-2-4-10/h5-8,10H,1-4,16H2. The molecule has 0 spiro atoms. The lowest BCUT2D eigenvalue weighted by Crippen LogP contribution is -2.11. The molecule has 1 aliphatic rings. The van der Waals surface area contributed by atoms with Crippen LogP contribution in [-0.4, -0.2) is 10.5 Å². The summed E-state index contributed by atoms with van der Waals surface area (Å²) < 4.78 is 10.0. The highest BCUT2D eigenvalue weighted by Gasteiger charge is 2.18. The molecule has 1 heterocycles. The fourth-order valence-corrected chi connectivity index (χ4v) is 3.36. The first kappa shape index (κ1) is 12.8. The number of hydrogen-bond donors (Lipinski definition) is 1. The molecule has 2 N–H and O–H groups in total. The SMILES string of the molecule is Nc1cc(-c2sncc2Cl)ccc1OC1CCCC1. The van der Waals surface area contributed by atoms with Gasteiger partial charge in [-0.2, -0.15) is 4.37 Å². The average molecular weight is 295 g/mol. The van der Waals surface area contributed by atoms with Crippen LogP contribution < -0.4 is 10.5 Å². The molecule has 19 heavy (non-hydrogen) atoms. The van der Waals surface area contributed by atoms with Crippen LogP contribution in [0.2, 0.25) is 5.02 Å². The molecule has 0 bridgehead atoms. The molecule has 3 rings (SSSR count). The van der Waals surface area contributed by atoms with Crippen molar-refractivity contribution in [1.29, 1.82) is 0 Å². The van der Waals surface area contributed by atoms with E-state index in [-0.39, 0.29) is 0 Å². The molecule has 5 heteroatoms. The first-order valence-electron chi connectivity index (χ1n) is 6.41. The van der Waals surface area contributed by atoms with Crippen molar-refractivity contribution >= 4 is 28.8 Å². The summed E-state index contributed by atoms with van der Waals surface area (Å²) in [6, 6.07) is 5.82. The topological polar surface area (TPSA) is 48.1 Å². The van der Waals surface area contributed by atoms with Crippen LogP contribution in [0.3, 0.4) is 0 Å². The molecule has 3 nitrogen and oxygen atoms in total. The number of nitrogens with zero attached hydrogens (tertiary/aromatic N) is 1. The van der Waals surface area contributed by atoms with Gasteiger partial charge in [-0.25, -0.2) is 0 Å². The predicted octanol–water partition coefficient (Wildman–Crippen LogP) is 4.37. The van der Waals surface area contributed by atoms with Gasteiger partial charge in [0, 0.05) is 0 Å². The first-order valence-corrected chi connectivity index (χ1v) is 7.56. The maximum absolute atomic E-state index is 6.08. The molecular formula is C14H15ClN2OS. The zero-order valence-electron chi connectivity index (χ0n) is 10.4. The molecule has 2 aromatic rings. The third-order valence-electron chi connectivity index (χ3n) is 3.39. The van der Waals surface area contributed by atoms with E-state index in [4.69, 9.17) is 22.1 Å².